The SMILES string of the molecule is CN(C(=O)CCl)C1CCCCNC1=O. The minimum absolute atomic E-state index is 0.0662. The molecule has 1 heterocycles. The second-order valence-electron chi connectivity index (χ2n) is 3.44. The summed E-state index contributed by atoms with van der Waals surface area (Å²) >= 11 is 5.43. The Morgan fingerprint density at radius 2 is 2.36 bits per heavy atom. The Balaban J connectivity index is 2.63. The van der Waals surface area contributed by atoms with E-state index in [9.17, 15) is 9.59 Å². The number of halogens is 1. The standard InChI is InChI=1S/C9H15ClN2O2/c1-12(8(13)6-10)7-4-2-3-5-11-9(7)14/h7H,2-6H2,1H3,(H,11,14). The van der Waals surface area contributed by atoms with Crippen LogP contribution in [0.3, 0.4) is 0 Å². The molecule has 0 bridgehead atoms. The van der Waals surface area contributed by atoms with E-state index in [4.69, 9.17) is 11.6 Å². The van der Waals surface area contributed by atoms with Crippen molar-refractivity contribution < 1.29 is 9.59 Å². The van der Waals surface area contributed by atoms with Crippen molar-refractivity contribution in [3.8, 4) is 0 Å². The molecule has 1 rings (SSSR count). The number of nitrogens with zero attached hydrogens (tertiary/aromatic N) is 1. The van der Waals surface area contributed by atoms with Crippen LogP contribution in [0.15, 0.2) is 0 Å². The quantitative estimate of drug-likeness (QED) is 0.681. The molecule has 0 saturated carbocycles. The summed E-state index contributed by atoms with van der Waals surface area (Å²) in [7, 11) is 1.63. The van der Waals surface area contributed by atoms with Crippen LogP contribution in [0.2, 0.25) is 0 Å². The molecular weight excluding hydrogens is 204 g/mol. The Morgan fingerprint density at radius 1 is 1.64 bits per heavy atom. The lowest BCUT2D eigenvalue weighted by Crippen LogP contribution is -2.47. The highest BCUT2D eigenvalue weighted by molar-refractivity contribution is 6.27. The van der Waals surface area contributed by atoms with Gasteiger partial charge in [-0.05, 0) is 19.3 Å². The summed E-state index contributed by atoms with van der Waals surface area (Å²) < 4.78 is 0. The van der Waals surface area contributed by atoms with Gasteiger partial charge in [-0.25, -0.2) is 0 Å². The van der Waals surface area contributed by atoms with Crippen LogP contribution in [-0.2, 0) is 9.59 Å². The lowest BCUT2D eigenvalue weighted by Gasteiger charge is -2.24. The van der Waals surface area contributed by atoms with Crippen LogP contribution in [-0.4, -0.2) is 42.2 Å². The van der Waals surface area contributed by atoms with Gasteiger partial charge in [-0.2, -0.15) is 0 Å². The molecule has 1 N–H and O–H groups in total. The molecule has 1 unspecified atom stereocenters. The van der Waals surface area contributed by atoms with Crippen molar-refractivity contribution in [2.45, 2.75) is 25.3 Å². The predicted octanol–water partition coefficient (Wildman–Crippen LogP) is 0.352. The van der Waals surface area contributed by atoms with E-state index in [1.54, 1.807) is 7.05 Å². The molecule has 0 aromatic rings. The maximum Gasteiger partial charge on any atom is 0.242 e. The summed E-state index contributed by atoms with van der Waals surface area (Å²) in [4.78, 5) is 24.2. The van der Waals surface area contributed by atoms with Gasteiger partial charge in [-0.15, -0.1) is 11.6 Å². The molecule has 1 fully saturated rings. The number of hydrogen-bond acceptors (Lipinski definition) is 2. The zero-order valence-corrected chi connectivity index (χ0v) is 9.01. The van der Waals surface area contributed by atoms with E-state index < -0.39 is 0 Å². The zero-order chi connectivity index (χ0) is 10.6. The number of likely N-dealkylation sites (N-methyl/N-ethyl adjacent to an activating group) is 1. The number of amides is 2. The molecule has 5 heteroatoms. The molecule has 1 aliphatic rings. The summed E-state index contributed by atoms with van der Waals surface area (Å²) in [5.41, 5.74) is 0. The van der Waals surface area contributed by atoms with E-state index in [0.29, 0.717) is 6.54 Å². The van der Waals surface area contributed by atoms with Gasteiger partial charge in [0.2, 0.25) is 11.8 Å². The number of nitrogens with one attached hydrogen (secondary N) is 1. The van der Waals surface area contributed by atoms with E-state index in [1.165, 1.54) is 4.90 Å². The van der Waals surface area contributed by atoms with Gasteiger partial charge < -0.3 is 10.2 Å². The number of carbonyl (C=O) groups is 2. The molecule has 4 nitrogen and oxygen atoms in total. The van der Waals surface area contributed by atoms with E-state index in [-0.39, 0.29) is 23.7 Å². The fourth-order valence-electron chi connectivity index (χ4n) is 1.56. The van der Waals surface area contributed by atoms with Gasteiger partial charge in [0.25, 0.3) is 0 Å². The van der Waals surface area contributed by atoms with Crippen LogP contribution in [0.25, 0.3) is 0 Å². The van der Waals surface area contributed by atoms with Gasteiger partial charge in [-0.3, -0.25) is 9.59 Å². The third kappa shape index (κ3) is 2.61. The first-order valence-corrected chi connectivity index (χ1v) is 5.29. The van der Waals surface area contributed by atoms with Gasteiger partial charge in [0.05, 0.1) is 0 Å². The highest BCUT2D eigenvalue weighted by atomic mass is 35.5. The van der Waals surface area contributed by atoms with Gasteiger partial charge in [0, 0.05) is 13.6 Å². The third-order valence-electron chi connectivity index (χ3n) is 2.48. The Kier molecular flexibility index (Phi) is 4.20. The maximum atomic E-state index is 11.5. The van der Waals surface area contributed by atoms with Crippen molar-refractivity contribution in [2.24, 2.45) is 0 Å². The lowest BCUT2D eigenvalue weighted by molar-refractivity contribution is -0.137. The molecule has 0 radical (unpaired) electrons. The molecule has 0 aromatic heterocycles. The molecule has 1 aliphatic heterocycles. The monoisotopic (exact) mass is 218 g/mol. The summed E-state index contributed by atoms with van der Waals surface area (Å²) in [6.45, 7) is 0.707. The van der Waals surface area contributed by atoms with Crippen molar-refractivity contribution in [3.05, 3.63) is 0 Å². The summed E-state index contributed by atoms with van der Waals surface area (Å²) in [6.07, 6.45) is 2.67. The van der Waals surface area contributed by atoms with Crippen LogP contribution in [0.5, 0.6) is 0 Å². The Labute approximate surface area is 88.6 Å². The smallest absolute Gasteiger partial charge is 0.242 e. The summed E-state index contributed by atoms with van der Waals surface area (Å²) in [5.74, 6) is -0.336. The van der Waals surface area contributed by atoms with Crippen molar-refractivity contribution in [1.82, 2.24) is 10.2 Å². The fraction of sp³-hybridized carbons (Fsp3) is 0.778. The summed E-state index contributed by atoms with van der Waals surface area (Å²) in [5, 5.41) is 2.78. The molecule has 0 aromatic carbocycles. The molecule has 2 amide bonds. The molecule has 0 spiro atoms. The Bertz CT molecular complexity index is 233. The highest BCUT2D eigenvalue weighted by Crippen LogP contribution is 2.11. The van der Waals surface area contributed by atoms with E-state index in [2.05, 4.69) is 5.32 Å². The Hall–Kier alpha value is -0.770. The van der Waals surface area contributed by atoms with Crippen LogP contribution in [0.4, 0.5) is 0 Å². The molecule has 1 atom stereocenters. The number of hydrogen-bond donors (Lipinski definition) is 1. The molecule has 1 saturated heterocycles. The summed E-state index contributed by atoms with van der Waals surface area (Å²) in [6, 6.07) is -0.344. The van der Waals surface area contributed by atoms with Crippen LogP contribution in [0, 0.1) is 0 Å². The highest BCUT2D eigenvalue weighted by Gasteiger charge is 2.27. The first kappa shape index (κ1) is 11.3. The first-order valence-electron chi connectivity index (χ1n) is 4.76. The molecule has 0 aliphatic carbocycles. The van der Waals surface area contributed by atoms with Crippen LogP contribution < -0.4 is 5.32 Å². The predicted molar refractivity (Wildman–Crippen MR) is 54.1 cm³/mol. The van der Waals surface area contributed by atoms with Crippen molar-refractivity contribution >= 4 is 23.4 Å². The van der Waals surface area contributed by atoms with Gasteiger partial charge in [0.15, 0.2) is 0 Å². The van der Waals surface area contributed by atoms with Gasteiger partial charge in [-0.1, -0.05) is 0 Å². The van der Waals surface area contributed by atoms with Crippen molar-refractivity contribution in [2.75, 3.05) is 19.5 Å². The lowest BCUT2D eigenvalue weighted by atomic mass is 10.1. The average Bonchev–Trinajstić information content (AvgIpc) is 2.40. The topological polar surface area (TPSA) is 49.4 Å². The first-order chi connectivity index (χ1) is 6.66. The minimum atomic E-state index is -0.344. The number of rotatable bonds is 2. The van der Waals surface area contributed by atoms with E-state index in [0.717, 1.165) is 19.3 Å². The second-order valence-corrected chi connectivity index (χ2v) is 3.71. The molecule has 80 valence electrons. The Morgan fingerprint density at radius 3 is 3.00 bits per heavy atom. The number of alkyl halides is 1. The molecular formula is C9H15ClN2O2. The third-order valence-corrected chi connectivity index (χ3v) is 2.71. The van der Waals surface area contributed by atoms with Crippen molar-refractivity contribution in [3.63, 3.8) is 0 Å². The maximum absolute atomic E-state index is 11.5. The van der Waals surface area contributed by atoms with Crippen molar-refractivity contribution in [1.29, 1.82) is 0 Å². The fourth-order valence-corrected chi connectivity index (χ4v) is 1.75. The molecule has 14 heavy (non-hydrogen) atoms. The average molecular weight is 219 g/mol. The van der Waals surface area contributed by atoms with Crippen LogP contribution >= 0.6 is 11.6 Å². The normalized spacial score (nSPS) is 22.4. The van der Waals surface area contributed by atoms with E-state index in [1.807, 2.05) is 0 Å². The minimum Gasteiger partial charge on any atom is -0.354 e. The van der Waals surface area contributed by atoms with Gasteiger partial charge >= 0.3 is 0 Å². The zero-order valence-electron chi connectivity index (χ0n) is 8.25. The number of carbonyl (C=O) groups excluding carboxylic acids is 2. The van der Waals surface area contributed by atoms with Crippen LogP contribution in [0.1, 0.15) is 19.3 Å². The second kappa shape index (κ2) is 5.20. The van der Waals surface area contributed by atoms with E-state index >= 15 is 0 Å². The van der Waals surface area contributed by atoms with Gasteiger partial charge in [0.1, 0.15) is 11.9 Å². The largest absolute Gasteiger partial charge is 0.354 e.